The van der Waals surface area contributed by atoms with E-state index in [9.17, 15) is 4.79 Å². The predicted molar refractivity (Wildman–Crippen MR) is 108 cm³/mol. The van der Waals surface area contributed by atoms with Gasteiger partial charge < -0.3 is 24.8 Å². The van der Waals surface area contributed by atoms with Crippen molar-refractivity contribution in [3.05, 3.63) is 0 Å². The molecule has 0 spiro atoms. The molecular formula is C19H39N5O2. The molecule has 0 unspecified atom stereocenters. The summed E-state index contributed by atoms with van der Waals surface area (Å²) in [6, 6.07) is 0. The van der Waals surface area contributed by atoms with Crippen LogP contribution in [0.3, 0.4) is 0 Å². The Hall–Kier alpha value is -1.34. The van der Waals surface area contributed by atoms with Gasteiger partial charge in [-0.15, -0.1) is 0 Å². The van der Waals surface area contributed by atoms with E-state index < -0.39 is 0 Å². The molecule has 152 valence electrons. The average Bonchev–Trinajstić information content (AvgIpc) is 2.65. The van der Waals surface area contributed by atoms with Crippen LogP contribution in [0.25, 0.3) is 0 Å². The van der Waals surface area contributed by atoms with Gasteiger partial charge in [0.1, 0.15) is 0 Å². The van der Waals surface area contributed by atoms with E-state index in [1.165, 1.54) is 12.8 Å². The molecule has 1 fully saturated rings. The van der Waals surface area contributed by atoms with Gasteiger partial charge in [0, 0.05) is 46.9 Å². The van der Waals surface area contributed by atoms with Gasteiger partial charge in [-0.25, -0.2) is 0 Å². The van der Waals surface area contributed by atoms with E-state index in [1.54, 1.807) is 7.11 Å². The maximum atomic E-state index is 12.3. The highest BCUT2D eigenvalue weighted by Crippen LogP contribution is 2.17. The van der Waals surface area contributed by atoms with Crippen LogP contribution < -0.4 is 5.32 Å². The van der Waals surface area contributed by atoms with E-state index in [1.807, 2.05) is 30.7 Å². The van der Waals surface area contributed by atoms with Crippen molar-refractivity contribution in [2.24, 2.45) is 10.9 Å². The van der Waals surface area contributed by atoms with Gasteiger partial charge in [-0.1, -0.05) is 0 Å². The maximum absolute atomic E-state index is 12.3. The Balaban J connectivity index is 2.51. The van der Waals surface area contributed by atoms with Gasteiger partial charge >= 0.3 is 0 Å². The number of carbonyl (C=O) groups is 1. The quantitative estimate of drug-likeness (QED) is 0.462. The largest absolute Gasteiger partial charge is 0.383 e. The monoisotopic (exact) mass is 369 g/mol. The van der Waals surface area contributed by atoms with Gasteiger partial charge in [-0.05, 0) is 52.6 Å². The number of guanidine groups is 1. The number of hydrogen-bond acceptors (Lipinski definition) is 4. The van der Waals surface area contributed by atoms with Gasteiger partial charge in [0.25, 0.3) is 0 Å². The molecule has 1 saturated heterocycles. The first-order valence-corrected chi connectivity index (χ1v) is 10.0. The van der Waals surface area contributed by atoms with Crippen molar-refractivity contribution in [1.82, 2.24) is 20.0 Å². The first kappa shape index (κ1) is 22.7. The number of rotatable bonds is 10. The zero-order valence-corrected chi connectivity index (χ0v) is 17.5. The number of likely N-dealkylation sites (tertiary alicyclic amines) is 1. The third kappa shape index (κ3) is 7.91. The Bertz CT molecular complexity index is 418. The van der Waals surface area contributed by atoms with Crippen LogP contribution in [0, 0.1) is 5.92 Å². The third-order valence-electron chi connectivity index (χ3n) is 5.00. The van der Waals surface area contributed by atoms with E-state index in [0.29, 0.717) is 12.5 Å². The lowest BCUT2D eigenvalue weighted by atomic mass is 9.97. The molecule has 1 aliphatic rings. The zero-order chi connectivity index (χ0) is 19.4. The molecule has 0 aromatic rings. The fourth-order valence-electron chi connectivity index (χ4n) is 3.25. The topological polar surface area (TPSA) is 60.4 Å². The molecule has 7 heteroatoms. The van der Waals surface area contributed by atoms with Gasteiger partial charge in [-0.2, -0.15) is 0 Å². The van der Waals surface area contributed by atoms with Crippen LogP contribution in [0.1, 0.15) is 33.6 Å². The van der Waals surface area contributed by atoms with Gasteiger partial charge in [-0.3, -0.25) is 9.79 Å². The molecule has 0 aromatic heterocycles. The van der Waals surface area contributed by atoms with Crippen molar-refractivity contribution in [2.45, 2.75) is 33.6 Å². The van der Waals surface area contributed by atoms with Crippen LogP contribution in [0.5, 0.6) is 0 Å². The molecule has 0 saturated carbocycles. The fourth-order valence-corrected chi connectivity index (χ4v) is 3.25. The molecule has 1 heterocycles. The Morgan fingerprint density at radius 3 is 2.42 bits per heavy atom. The van der Waals surface area contributed by atoms with E-state index in [0.717, 1.165) is 58.4 Å². The molecule has 7 nitrogen and oxygen atoms in total. The van der Waals surface area contributed by atoms with Crippen LogP contribution in [0.4, 0.5) is 0 Å². The summed E-state index contributed by atoms with van der Waals surface area (Å²) in [4.78, 5) is 23.4. The Morgan fingerprint density at radius 2 is 1.88 bits per heavy atom. The average molecular weight is 370 g/mol. The summed E-state index contributed by atoms with van der Waals surface area (Å²) < 4.78 is 5.16. The molecule has 0 bridgehead atoms. The first-order valence-electron chi connectivity index (χ1n) is 10.0. The Kier molecular flexibility index (Phi) is 11.3. The van der Waals surface area contributed by atoms with Crippen LogP contribution in [0.2, 0.25) is 0 Å². The molecule has 1 aliphatic heterocycles. The summed E-state index contributed by atoms with van der Waals surface area (Å²) in [5, 5.41) is 3.32. The van der Waals surface area contributed by atoms with Crippen LogP contribution >= 0.6 is 0 Å². The highest BCUT2D eigenvalue weighted by molar-refractivity contribution is 5.86. The first-order chi connectivity index (χ1) is 12.5. The molecule has 0 radical (unpaired) electrons. The number of ether oxygens (including phenoxy) is 1. The van der Waals surface area contributed by atoms with Crippen molar-refractivity contribution in [3.8, 4) is 0 Å². The Labute approximate surface area is 159 Å². The predicted octanol–water partition coefficient (Wildman–Crippen LogP) is 1.11. The number of hydrogen-bond donors (Lipinski definition) is 1. The molecule has 0 aliphatic carbocycles. The highest BCUT2D eigenvalue weighted by atomic mass is 16.5. The lowest BCUT2D eigenvalue weighted by molar-refractivity contribution is -0.131. The van der Waals surface area contributed by atoms with Crippen LogP contribution in [0.15, 0.2) is 4.99 Å². The molecule has 1 N–H and O–H groups in total. The lowest BCUT2D eigenvalue weighted by Gasteiger charge is -2.31. The van der Waals surface area contributed by atoms with Crippen molar-refractivity contribution < 1.29 is 9.53 Å². The number of carbonyl (C=O) groups excluding carboxylic acids is 1. The number of nitrogens with one attached hydrogen (secondary N) is 1. The summed E-state index contributed by atoms with van der Waals surface area (Å²) >= 11 is 0. The second kappa shape index (κ2) is 12.9. The second-order valence-electron chi connectivity index (χ2n) is 6.89. The molecule has 26 heavy (non-hydrogen) atoms. The summed E-state index contributed by atoms with van der Waals surface area (Å²) in [6.45, 7) is 13.6. The number of amides is 1. The number of piperidine rings is 1. The number of likely N-dealkylation sites (N-methyl/N-ethyl adjacent to an activating group) is 2. The minimum absolute atomic E-state index is 0.148. The van der Waals surface area contributed by atoms with E-state index >= 15 is 0 Å². The third-order valence-corrected chi connectivity index (χ3v) is 5.00. The summed E-state index contributed by atoms with van der Waals surface area (Å²) in [5.41, 5.74) is 0. The van der Waals surface area contributed by atoms with E-state index in [4.69, 9.17) is 9.73 Å². The van der Waals surface area contributed by atoms with Gasteiger partial charge in [0.2, 0.25) is 5.91 Å². The normalized spacial score (nSPS) is 16.6. The number of nitrogens with zero attached hydrogens (tertiary/aromatic N) is 4. The number of methoxy groups -OCH3 is 1. The fraction of sp³-hybridized carbons (Fsp3) is 0.895. The molecule has 1 rings (SSSR count). The zero-order valence-electron chi connectivity index (χ0n) is 17.5. The SMILES string of the molecule is CCNC(=NCC1CCN(CCOC)CC1)N(C)CC(=O)N(CC)CC. The van der Waals surface area contributed by atoms with E-state index in [2.05, 4.69) is 17.1 Å². The van der Waals surface area contributed by atoms with Crippen molar-refractivity contribution in [3.63, 3.8) is 0 Å². The molecular weight excluding hydrogens is 330 g/mol. The molecule has 0 atom stereocenters. The minimum Gasteiger partial charge on any atom is -0.383 e. The summed E-state index contributed by atoms with van der Waals surface area (Å²) in [5.74, 6) is 1.60. The van der Waals surface area contributed by atoms with E-state index in [-0.39, 0.29) is 5.91 Å². The van der Waals surface area contributed by atoms with Gasteiger partial charge in [0.15, 0.2) is 5.96 Å². The highest BCUT2D eigenvalue weighted by Gasteiger charge is 2.20. The van der Waals surface area contributed by atoms with Crippen LogP contribution in [-0.4, -0.2) is 99.7 Å². The maximum Gasteiger partial charge on any atom is 0.242 e. The smallest absolute Gasteiger partial charge is 0.242 e. The second-order valence-corrected chi connectivity index (χ2v) is 6.89. The van der Waals surface area contributed by atoms with Crippen molar-refractivity contribution >= 4 is 11.9 Å². The van der Waals surface area contributed by atoms with Crippen molar-refractivity contribution in [2.75, 3.05) is 73.1 Å². The summed E-state index contributed by atoms with van der Waals surface area (Å²) in [7, 11) is 3.70. The number of aliphatic imine (C=N–C) groups is 1. The van der Waals surface area contributed by atoms with Crippen LogP contribution in [-0.2, 0) is 9.53 Å². The lowest BCUT2D eigenvalue weighted by Crippen LogP contribution is -2.46. The molecule has 0 aromatic carbocycles. The standard InChI is InChI=1S/C19H39N5O2/c1-6-20-19(22(4)16-18(25)24(7-2)8-3)21-15-17-9-11-23(12-10-17)13-14-26-5/h17H,6-16H2,1-5H3,(H,20,21). The van der Waals surface area contributed by atoms with Gasteiger partial charge in [0.05, 0.1) is 13.2 Å². The molecule has 1 amide bonds. The minimum atomic E-state index is 0.148. The summed E-state index contributed by atoms with van der Waals surface area (Å²) in [6.07, 6.45) is 2.35. The Morgan fingerprint density at radius 1 is 1.23 bits per heavy atom. The van der Waals surface area contributed by atoms with Crippen molar-refractivity contribution in [1.29, 1.82) is 0 Å².